The van der Waals surface area contributed by atoms with E-state index in [0.29, 0.717) is 5.69 Å². The van der Waals surface area contributed by atoms with Crippen molar-refractivity contribution in [2.75, 3.05) is 0 Å². The number of aromatic nitrogens is 3. The van der Waals surface area contributed by atoms with Gasteiger partial charge in [-0.1, -0.05) is 60.7 Å². The Labute approximate surface area is 191 Å². The molecule has 0 bridgehead atoms. The lowest BCUT2D eigenvalue weighted by Crippen LogP contribution is -2.29. The van der Waals surface area contributed by atoms with Crippen LogP contribution in [-0.2, 0) is 0 Å². The number of hydrogen-bond acceptors (Lipinski definition) is 6. The van der Waals surface area contributed by atoms with Crippen LogP contribution in [0.4, 0.5) is 5.69 Å². The van der Waals surface area contributed by atoms with Crippen LogP contribution in [0.3, 0.4) is 0 Å². The summed E-state index contributed by atoms with van der Waals surface area (Å²) in [7, 11) is 0. The van der Waals surface area contributed by atoms with Gasteiger partial charge in [-0.05, 0) is 18.1 Å². The van der Waals surface area contributed by atoms with Gasteiger partial charge in [0.1, 0.15) is 6.26 Å². The molecule has 2 N–H and O–H groups in total. The number of nitrogens with zero attached hydrogens (tertiary/aromatic N) is 2. The van der Waals surface area contributed by atoms with Crippen LogP contribution in [-0.4, -0.2) is 19.9 Å². The number of nitro benzene ring substituents is 1. The molecule has 0 saturated carbocycles. The SMILES string of the molecule is Cc1c([N+](=O)[O-])cc2[nH]c(=O)c(=O)[nH]c2c1-c1nc(C(c2ccccc2)c2ccccc2)co1. The average molecular weight is 454 g/mol. The Bertz CT molecular complexity index is 1600. The fraction of sp³-hybridized carbons (Fsp3) is 0.0800. The van der Waals surface area contributed by atoms with Crippen LogP contribution in [0.15, 0.2) is 87.0 Å². The smallest absolute Gasteiger partial charge is 0.314 e. The lowest BCUT2D eigenvalue weighted by molar-refractivity contribution is -0.385. The average Bonchev–Trinajstić information content (AvgIpc) is 3.30. The van der Waals surface area contributed by atoms with Gasteiger partial charge in [0.05, 0.1) is 33.1 Å². The van der Waals surface area contributed by atoms with Gasteiger partial charge in [0, 0.05) is 11.6 Å². The zero-order chi connectivity index (χ0) is 23.8. The number of rotatable bonds is 5. The molecule has 0 aliphatic carbocycles. The summed E-state index contributed by atoms with van der Waals surface area (Å²) in [6.45, 7) is 1.55. The highest BCUT2D eigenvalue weighted by Crippen LogP contribution is 2.37. The second kappa shape index (κ2) is 8.28. The van der Waals surface area contributed by atoms with Gasteiger partial charge < -0.3 is 14.4 Å². The maximum Gasteiger partial charge on any atom is 0.314 e. The third kappa shape index (κ3) is 3.58. The molecule has 0 fully saturated rings. The van der Waals surface area contributed by atoms with Crippen molar-refractivity contribution < 1.29 is 9.34 Å². The first-order valence-electron chi connectivity index (χ1n) is 10.4. The zero-order valence-corrected chi connectivity index (χ0v) is 17.9. The molecular weight excluding hydrogens is 436 g/mol. The number of aromatic amines is 2. The summed E-state index contributed by atoms with van der Waals surface area (Å²) in [6.07, 6.45) is 1.51. The molecule has 168 valence electrons. The van der Waals surface area contributed by atoms with Gasteiger partial charge in [-0.25, -0.2) is 4.98 Å². The van der Waals surface area contributed by atoms with Gasteiger partial charge in [0.15, 0.2) is 0 Å². The van der Waals surface area contributed by atoms with Crippen LogP contribution in [0.25, 0.3) is 22.5 Å². The van der Waals surface area contributed by atoms with Crippen molar-refractivity contribution >= 4 is 16.7 Å². The second-order valence-electron chi connectivity index (χ2n) is 7.82. The van der Waals surface area contributed by atoms with E-state index in [1.165, 1.54) is 12.3 Å². The topological polar surface area (TPSA) is 135 Å². The molecule has 0 aliphatic heterocycles. The van der Waals surface area contributed by atoms with Gasteiger partial charge in [-0.15, -0.1) is 0 Å². The summed E-state index contributed by atoms with van der Waals surface area (Å²) < 4.78 is 5.82. The zero-order valence-electron chi connectivity index (χ0n) is 17.9. The number of H-pyrrole nitrogens is 2. The molecule has 0 aliphatic rings. The Morgan fingerprint density at radius 1 is 0.941 bits per heavy atom. The predicted molar refractivity (Wildman–Crippen MR) is 126 cm³/mol. The lowest BCUT2D eigenvalue weighted by atomic mass is 9.89. The van der Waals surface area contributed by atoms with Gasteiger partial charge in [0.2, 0.25) is 5.89 Å². The lowest BCUT2D eigenvalue weighted by Gasteiger charge is -2.15. The van der Waals surface area contributed by atoms with Crippen molar-refractivity contribution in [1.82, 2.24) is 15.0 Å². The van der Waals surface area contributed by atoms with Crippen LogP contribution >= 0.6 is 0 Å². The highest BCUT2D eigenvalue weighted by Gasteiger charge is 2.26. The molecule has 0 atom stereocenters. The van der Waals surface area contributed by atoms with E-state index >= 15 is 0 Å². The maximum absolute atomic E-state index is 12.0. The van der Waals surface area contributed by atoms with Crippen LogP contribution in [0.2, 0.25) is 0 Å². The Morgan fingerprint density at radius 2 is 1.53 bits per heavy atom. The predicted octanol–water partition coefficient (Wildman–Crippen LogP) is 4.27. The Hall–Kier alpha value is -4.79. The minimum atomic E-state index is -0.905. The first-order valence-corrected chi connectivity index (χ1v) is 10.4. The van der Waals surface area contributed by atoms with Gasteiger partial charge in [-0.2, -0.15) is 0 Å². The molecule has 3 aromatic carbocycles. The molecule has 0 unspecified atom stereocenters. The standard InChI is InChI=1S/C25H18N4O5/c1-14-19(29(32)33)12-17-22(28-24(31)23(30)26-17)20(14)25-27-18(13-34-25)21(15-8-4-2-5-9-15)16-10-6-3-7-11-16/h2-13,21H,1H3,(H,26,30)(H,28,31). The number of benzene rings is 3. The number of fused-ring (bicyclic) bond motifs is 1. The first-order chi connectivity index (χ1) is 16.4. The minimum Gasteiger partial charge on any atom is -0.444 e. The molecule has 0 saturated heterocycles. The molecular formula is C25H18N4O5. The Balaban J connectivity index is 1.75. The summed E-state index contributed by atoms with van der Waals surface area (Å²) in [6, 6.07) is 20.8. The van der Waals surface area contributed by atoms with Crippen molar-refractivity contribution in [3.05, 3.63) is 126 Å². The van der Waals surface area contributed by atoms with E-state index < -0.39 is 16.0 Å². The number of nitro groups is 1. The molecule has 9 heteroatoms. The van der Waals surface area contributed by atoms with Crippen molar-refractivity contribution in [3.8, 4) is 11.5 Å². The highest BCUT2D eigenvalue weighted by molar-refractivity contribution is 5.93. The molecule has 2 heterocycles. The summed E-state index contributed by atoms with van der Waals surface area (Å²) in [5.41, 5.74) is 1.38. The van der Waals surface area contributed by atoms with E-state index in [0.717, 1.165) is 11.1 Å². The van der Waals surface area contributed by atoms with Crippen molar-refractivity contribution in [2.24, 2.45) is 0 Å². The number of hydrogen-bond donors (Lipinski definition) is 2. The maximum atomic E-state index is 12.0. The first kappa shape index (κ1) is 21.1. The largest absolute Gasteiger partial charge is 0.444 e. The highest BCUT2D eigenvalue weighted by atomic mass is 16.6. The third-order valence-electron chi connectivity index (χ3n) is 5.75. The van der Waals surface area contributed by atoms with Crippen molar-refractivity contribution in [3.63, 3.8) is 0 Å². The molecule has 0 radical (unpaired) electrons. The monoisotopic (exact) mass is 454 g/mol. The van der Waals surface area contributed by atoms with Gasteiger partial charge in [-0.3, -0.25) is 19.7 Å². The van der Waals surface area contributed by atoms with E-state index in [1.807, 2.05) is 60.7 Å². The Kier molecular flexibility index (Phi) is 5.14. The van der Waals surface area contributed by atoms with E-state index in [9.17, 15) is 19.7 Å². The Morgan fingerprint density at radius 3 is 2.12 bits per heavy atom. The molecule has 0 amide bonds. The summed E-state index contributed by atoms with van der Waals surface area (Å²) in [5, 5.41) is 11.7. The van der Waals surface area contributed by atoms with Gasteiger partial charge in [0.25, 0.3) is 5.69 Å². The fourth-order valence-corrected chi connectivity index (χ4v) is 4.16. The minimum absolute atomic E-state index is 0.0979. The molecule has 2 aromatic heterocycles. The van der Waals surface area contributed by atoms with Crippen molar-refractivity contribution in [2.45, 2.75) is 12.8 Å². The molecule has 0 spiro atoms. The number of oxazole rings is 1. The van der Waals surface area contributed by atoms with Crippen LogP contribution < -0.4 is 11.1 Å². The molecule has 34 heavy (non-hydrogen) atoms. The van der Waals surface area contributed by atoms with Crippen LogP contribution in [0, 0.1) is 17.0 Å². The quantitative estimate of drug-likeness (QED) is 0.231. The summed E-state index contributed by atoms with van der Waals surface area (Å²) in [5.74, 6) is -0.148. The van der Waals surface area contributed by atoms with Crippen LogP contribution in [0.5, 0.6) is 0 Å². The summed E-state index contributed by atoms with van der Waals surface area (Å²) >= 11 is 0. The van der Waals surface area contributed by atoms with Crippen LogP contribution in [0.1, 0.15) is 28.3 Å². The van der Waals surface area contributed by atoms with Crippen molar-refractivity contribution in [1.29, 1.82) is 0 Å². The second-order valence-corrected chi connectivity index (χ2v) is 7.82. The molecule has 5 aromatic rings. The van der Waals surface area contributed by atoms with E-state index in [2.05, 4.69) is 9.97 Å². The van der Waals surface area contributed by atoms with E-state index in [1.54, 1.807) is 6.92 Å². The summed E-state index contributed by atoms with van der Waals surface area (Å²) in [4.78, 5) is 44.6. The third-order valence-corrected chi connectivity index (χ3v) is 5.75. The van der Waals surface area contributed by atoms with E-state index in [4.69, 9.17) is 9.40 Å². The fourth-order valence-electron chi connectivity index (χ4n) is 4.16. The molecule has 5 rings (SSSR count). The number of nitrogens with one attached hydrogen (secondary N) is 2. The van der Waals surface area contributed by atoms with Gasteiger partial charge >= 0.3 is 11.1 Å². The normalized spacial score (nSPS) is 11.2. The van der Waals surface area contributed by atoms with E-state index in [-0.39, 0.29) is 39.7 Å². The molecule has 9 nitrogen and oxygen atoms in total.